The van der Waals surface area contributed by atoms with Crippen molar-refractivity contribution in [2.75, 3.05) is 10.6 Å². The van der Waals surface area contributed by atoms with Gasteiger partial charge in [-0.05, 0) is 17.5 Å². The lowest BCUT2D eigenvalue weighted by molar-refractivity contribution is -0.385. The predicted octanol–water partition coefficient (Wildman–Crippen LogP) is 3.37. The second kappa shape index (κ2) is 6.31. The van der Waals surface area contributed by atoms with Crippen molar-refractivity contribution < 1.29 is 14.1 Å². The third-order valence-electron chi connectivity index (χ3n) is 2.60. The summed E-state index contributed by atoms with van der Waals surface area (Å²) in [5.41, 5.74) is 0.667. The highest BCUT2D eigenvalue weighted by molar-refractivity contribution is 7.10. The zero-order valence-electron chi connectivity index (χ0n) is 11.1. The van der Waals surface area contributed by atoms with Crippen LogP contribution in [0.1, 0.15) is 11.8 Å². The van der Waals surface area contributed by atoms with E-state index in [0.29, 0.717) is 17.9 Å². The van der Waals surface area contributed by atoms with Gasteiger partial charge in [0.2, 0.25) is 5.91 Å². The minimum absolute atomic E-state index is 0.184. The van der Waals surface area contributed by atoms with Crippen molar-refractivity contribution in [3.63, 3.8) is 0 Å². The number of benzene rings is 1. The molecule has 0 saturated heterocycles. The maximum atomic E-state index is 13.3. The van der Waals surface area contributed by atoms with Gasteiger partial charge in [-0.25, -0.2) is 4.39 Å². The summed E-state index contributed by atoms with van der Waals surface area (Å²) in [6.45, 7) is 1.73. The number of nitro groups is 1. The normalized spacial score (nSPS) is 10.2. The lowest BCUT2D eigenvalue weighted by Crippen LogP contribution is -2.08. The summed E-state index contributed by atoms with van der Waals surface area (Å²) in [5.74, 6) is -0.865. The zero-order valence-corrected chi connectivity index (χ0v) is 11.9. The first-order valence-corrected chi connectivity index (χ1v) is 6.86. The van der Waals surface area contributed by atoms with Crippen LogP contribution in [-0.2, 0) is 11.3 Å². The number of nitrogens with zero attached hydrogens (tertiary/aromatic N) is 1. The second-order valence-electron chi connectivity index (χ2n) is 4.25. The Labute approximate surface area is 123 Å². The van der Waals surface area contributed by atoms with Crippen LogP contribution in [0.4, 0.5) is 21.5 Å². The van der Waals surface area contributed by atoms with E-state index in [4.69, 9.17) is 0 Å². The van der Waals surface area contributed by atoms with Crippen molar-refractivity contribution in [2.24, 2.45) is 0 Å². The number of nitro benzene ring substituents is 1. The number of rotatable bonds is 5. The number of anilines is 2. The number of amides is 1. The monoisotopic (exact) mass is 309 g/mol. The molecule has 2 rings (SSSR count). The number of hydrogen-bond donors (Lipinski definition) is 2. The van der Waals surface area contributed by atoms with Gasteiger partial charge < -0.3 is 10.6 Å². The maximum absolute atomic E-state index is 13.3. The van der Waals surface area contributed by atoms with Gasteiger partial charge >= 0.3 is 0 Å². The van der Waals surface area contributed by atoms with E-state index in [9.17, 15) is 19.3 Å². The van der Waals surface area contributed by atoms with Crippen molar-refractivity contribution in [3.05, 3.63) is 50.5 Å². The average Bonchev–Trinajstić information content (AvgIpc) is 2.82. The smallest absolute Gasteiger partial charge is 0.274 e. The Morgan fingerprint density at radius 2 is 2.19 bits per heavy atom. The van der Waals surface area contributed by atoms with Gasteiger partial charge in [-0.2, -0.15) is 0 Å². The number of non-ortho nitro benzene ring substituents is 1. The van der Waals surface area contributed by atoms with Gasteiger partial charge in [0.1, 0.15) is 5.82 Å². The van der Waals surface area contributed by atoms with Crippen LogP contribution in [0, 0.1) is 15.9 Å². The molecule has 0 bridgehead atoms. The fraction of sp³-hybridized carbons (Fsp3) is 0.154. The number of hydrogen-bond acceptors (Lipinski definition) is 5. The first-order chi connectivity index (χ1) is 9.95. The molecule has 0 spiro atoms. The Morgan fingerprint density at radius 3 is 2.86 bits per heavy atom. The molecule has 0 fully saturated rings. The molecule has 0 saturated carbocycles. The summed E-state index contributed by atoms with van der Waals surface area (Å²) in [6, 6.07) is 5.06. The lowest BCUT2D eigenvalue weighted by Gasteiger charge is -2.08. The molecule has 2 N–H and O–H groups in total. The zero-order chi connectivity index (χ0) is 15.4. The molecule has 0 aliphatic heterocycles. The molecule has 0 aliphatic rings. The van der Waals surface area contributed by atoms with E-state index < -0.39 is 10.7 Å². The largest absolute Gasteiger partial charge is 0.380 e. The standard InChI is InChI=1S/C13H12FN3O3S/c1-8(18)16-12-2-3-21-13(12)7-15-10-4-9(14)5-11(6-10)17(19)20/h2-6,15H,7H2,1H3,(H,16,18). The molecule has 21 heavy (non-hydrogen) atoms. The van der Waals surface area contributed by atoms with Crippen molar-refractivity contribution in [1.82, 2.24) is 0 Å². The van der Waals surface area contributed by atoms with Crippen LogP contribution in [0.25, 0.3) is 0 Å². The van der Waals surface area contributed by atoms with Crippen LogP contribution in [-0.4, -0.2) is 10.8 Å². The van der Waals surface area contributed by atoms with E-state index in [1.807, 2.05) is 5.38 Å². The molecule has 1 aromatic heterocycles. The van der Waals surface area contributed by atoms with Crippen LogP contribution in [0.15, 0.2) is 29.6 Å². The fourth-order valence-corrected chi connectivity index (χ4v) is 2.51. The van der Waals surface area contributed by atoms with E-state index in [-0.39, 0.29) is 11.6 Å². The predicted molar refractivity (Wildman–Crippen MR) is 79.0 cm³/mol. The molecule has 0 radical (unpaired) electrons. The lowest BCUT2D eigenvalue weighted by atomic mass is 10.2. The minimum atomic E-state index is -0.681. The molecule has 0 unspecified atom stereocenters. The van der Waals surface area contributed by atoms with E-state index in [0.717, 1.165) is 10.9 Å². The van der Waals surface area contributed by atoms with Gasteiger partial charge in [-0.15, -0.1) is 11.3 Å². The molecule has 110 valence electrons. The first-order valence-electron chi connectivity index (χ1n) is 5.98. The third kappa shape index (κ3) is 3.99. The molecule has 2 aromatic rings. The third-order valence-corrected chi connectivity index (χ3v) is 3.52. The molecule has 1 aromatic carbocycles. The number of carbonyl (C=O) groups excluding carboxylic acids is 1. The van der Waals surface area contributed by atoms with Gasteiger partial charge in [0.15, 0.2) is 0 Å². The molecule has 1 heterocycles. The number of halogens is 1. The van der Waals surface area contributed by atoms with E-state index >= 15 is 0 Å². The van der Waals surface area contributed by atoms with Crippen molar-refractivity contribution >= 4 is 34.3 Å². The molecule has 6 nitrogen and oxygen atoms in total. The number of thiophene rings is 1. The highest BCUT2D eigenvalue weighted by Gasteiger charge is 2.11. The summed E-state index contributed by atoms with van der Waals surface area (Å²) in [4.78, 5) is 21.9. The van der Waals surface area contributed by atoms with Crippen LogP contribution in [0.3, 0.4) is 0 Å². The topological polar surface area (TPSA) is 84.3 Å². The Balaban J connectivity index is 2.11. The number of carbonyl (C=O) groups is 1. The van der Waals surface area contributed by atoms with E-state index in [1.165, 1.54) is 30.4 Å². The summed E-state index contributed by atoms with van der Waals surface area (Å²) in [7, 11) is 0. The molecular formula is C13H12FN3O3S. The molecule has 0 aliphatic carbocycles. The van der Waals surface area contributed by atoms with Crippen molar-refractivity contribution in [1.29, 1.82) is 0 Å². The SMILES string of the molecule is CC(=O)Nc1ccsc1CNc1cc(F)cc([N+](=O)[O-])c1. The van der Waals surface area contributed by atoms with Gasteiger partial charge in [-0.1, -0.05) is 0 Å². The van der Waals surface area contributed by atoms with E-state index in [1.54, 1.807) is 6.07 Å². The van der Waals surface area contributed by atoms with Gasteiger partial charge in [-0.3, -0.25) is 14.9 Å². The van der Waals surface area contributed by atoms with Gasteiger partial charge in [0, 0.05) is 23.6 Å². The van der Waals surface area contributed by atoms with E-state index in [2.05, 4.69) is 10.6 Å². The van der Waals surface area contributed by atoms with Crippen LogP contribution in [0.5, 0.6) is 0 Å². The Hall–Kier alpha value is -2.48. The molecule has 1 amide bonds. The average molecular weight is 309 g/mol. The molecule has 8 heteroatoms. The summed E-state index contributed by atoms with van der Waals surface area (Å²) in [5, 5.41) is 18.1. The Morgan fingerprint density at radius 1 is 1.43 bits per heavy atom. The van der Waals surface area contributed by atoms with Gasteiger partial charge in [0.05, 0.1) is 23.2 Å². The molecular weight excluding hydrogens is 297 g/mol. The minimum Gasteiger partial charge on any atom is -0.380 e. The van der Waals surface area contributed by atoms with Crippen LogP contribution < -0.4 is 10.6 Å². The summed E-state index contributed by atoms with van der Waals surface area (Å²) < 4.78 is 13.3. The Kier molecular flexibility index (Phi) is 4.49. The highest BCUT2D eigenvalue weighted by Crippen LogP contribution is 2.25. The Bertz CT molecular complexity index is 687. The van der Waals surface area contributed by atoms with Crippen molar-refractivity contribution in [3.8, 4) is 0 Å². The number of nitrogens with one attached hydrogen (secondary N) is 2. The quantitative estimate of drug-likeness (QED) is 0.655. The maximum Gasteiger partial charge on any atom is 0.274 e. The summed E-state index contributed by atoms with van der Waals surface area (Å²) in [6.07, 6.45) is 0. The first kappa shape index (κ1) is 14.9. The van der Waals surface area contributed by atoms with Crippen LogP contribution >= 0.6 is 11.3 Å². The van der Waals surface area contributed by atoms with Crippen LogP contribution in [0.2, 0.25) is 0 Å². The van der Waals surface area contributed by atoms with Crippen molar-refractivity contribution in [2.45, 2.75) is 13.5 Å². The van der Waals surface area contributed by atoms with Gasteiger partial charge in [0.25, 0.3) is 5.69 Å². The second-order valence-corrected chi connectivity index (χ2v) is 5.25. The summed E-state index contributed by atoms with van der Waals surface area (Å²) >= 11 is 1.42. The molecule has 0 atom stereocenters. The fourth-order valence-electron chi connectivity index (χ4n) is 1.74. The highest BCUT2D eigenvalue weighted by atomic mass is 32.1.